The normalized spacial score (nSPS) is 17.1. The van der Waals surface area contributed by atoms with Crippen molar-refractivity contribution < 1.29 is 14.7 Å². The summed E-state index contributed by atoms with van der Waals surface area (Å²) in [5.74, 6) is -1.50. The third-order valence-electron chi connectivity index (χ3n) is 2.68. The number of thioether (sulfide) groups is 1. The Morgan fingerprint density at radius 2 is 2.25 bits per heavy atom. The summed E-state index contributed by atoms with van der Waals surface area (Å²) in [5.41, 5.74) is 1.61. The minimum Gasteiger partial charge on any atom is -0.480 e. The number of rotatable bonds is 3. The van der Waals surface area contributed by atoms with Crippen molar-refractivity contribution >= 4 is 57.9 Å². The molecule has 1 aromatic carbocycles. The minimum absolute atomic E-state index is 0.243. The molecule has 4 nitrogen and oxygen atoms in total. The number of carbonyl (C=O) groups is 2. The van der Waals surface area contributed by atoms with Crippen molar-refractivity contribution in [2.45, 2.75) is 6.92 Å². The number of halogens is 1. The van der Waals surface area contributed by atoms with Gasteiger partial charge >= 0.3 is 5.97 Å². The fraction of sp³-hybridized carbons (Fsp3) is 0.154. The number of hydrogen-bond acceptors (Lipinski definition) is 4. The summed E-state index contributed by atoms with van der Waals surface area (Å²) in [5, 5.41) is 9.33. The fourth-order valence-electron chi connectivity index (χ4n) is 1.69. The molecule has 20 heavy (non-hydrogen) atoms. The topological polar surface area (TPSA) is 57.6 Å². The highest BCUT2D eigenvalue weighted by atomic mass is 35.5. The molecule has 1 aliphatic heterocycles. The van der Waals surface area contributed by atoms with E-state index in [0.717, 1.165) is 22.2 Å². The molecule has 1 aromatic rings. The predicted molar refractivity (Wildman–Crippen MR) is 83.7 cm³/mol. The van der Waals surface area contributed by atoms with Gasteiger partial charge in [-0.1, -0.05) is 53.8 Å². The maximum atomic E-state index is 12.1. The zero-order chi connectivity index (χ0) is 14.9. The first-order chi connectivity index (χ1) is 9.40. The number of carboxylic acid groups (broad SMARTS) is 1. The third kappa shape index (κ3) is 3.03. The highest BCUT2D eigenvalue weighted by Gasteiger charge is 2.33. The zero-order valence-electron chi connectivity index (χ0n) is 10.4. The van der Waals surface area contributed by atoms with E-state index < -0.39 is 18.4 Å². The van der Waals surface area contributed by atoms with Gasteiger partial charge in [0.05, 0.1) is 9.93 Å². The highest BCUT2D eigenvalue weighted by molar-refractivity contribution is 8.26. The van der Waals surface area contributed by atoms with Gasteiger partial charge in [-0.05, 0) is 24.1 Å². The second kappa shape index (κ2) is 5.95. The van der Waals surface area contributed by atoms with Crippen LogP contribution in [0, 0.1) is 6.92 Å². The summed E-state index contributed by atoms with van der Waals surface area (Å²) in [6.07, 6.45) is 1.64. The molecule has 104 valence electrons. The van der Waals surface area contributed by atoms with Crippen LogP contribution in [-0.2, 0) is 9.59 Å². The van der Waals surface area contributed by atoms with Crippen molar-refractivity contribution in [3.63, 3.8) is 0 Å². The van der Waals surface area contributed by atoms with Gasteiger partial charge < -0.3 is 5.11 Å². The second-order valence-corrected chi connectivity index (χ2v) is 6.19. The molecular formula is C13H10ClNO3S2. The predicted octanol–water partition coefficient (Wildman–Crippen LogP) is 2.93. The monoisotopic (exact) mass is 327 g/mol. The Labute approximate surface area is 130 Å². The summed E-state index contributed by atoms with van der Waals surface area (Å²) < 4.78 is 0.243. The Morgan fingerprint density at radius 1 is 1.55 bits per heavy atom. The number of thiocarbonyl (C=S) groups is 1. The van der Waals surface area contributed by atoms with Gasteiger partial charge in [0.2, 0.25) is 0 Å². The molecule has 2 rings (SSSR count). The van der Waals surface area contributed by atoms with Gasteiger partial charge in [0.1, 0.15) is 10.9 Å². The van der Waals surface area contributed by atoms with Crippen LogP contribution in [0.1, 0.15) is 11.1 Å². The molecule has 0 spiro atoms. The third-order valence-corrected chi connectivity index (χ3v) is 4.57. The standard InChI is InChI=1S/C13H10ClNO3S2/c1-7-3-2-4-8(11(7)14)5-9-12(18)15(6-10(16)17)13(19)20-9/h2-5H,6H2,1H3,(H,16,17)/b9-5-. The van der Waals surface area contributed by atoms with Gasteiger partial charge in [0, 0.05) is 0 Å². The largest absolute Gasteiger partial charge is 0.480 e. The van der Waals surface area contributed by atoms with E-state index in [9.17, 15) is 9.59 Å². The van der Waals surface area contributed by atoms with Crippen LogP contribution in [0.15, 0.2) is 23.1 Å². The first-order valence-corrected chi connectivity index (χ1v) is 7.22. The average Bonchev–Trinajstić information content (AvgIpc) is 2.62. The fourth-order valence-corrected chi connectivity index (χ4v) is 3.12. The number of aryl methyl sites for hydroxylation is 1. The Morgan fingerprint density at radius 3 is 2.90 bits per heavy atom. The van der Waals surface area contributed by atoms with Crippen LogP contribution in [0.5, 0.6) is 0 Å². The SMILES string of the molecule is Cc1cccc(/C=C2\SC(=S)N(CC(=O)O)C2=O)c1Cl. The van der Waals surface area contributed by atoms with Crippen molar-refractivity contribution in [1.29, 1.82) is 0 Å². The first-order valence-electron chi connectivity index (χ1n) is 5.62. The summed E-state index contributed by atoms with van der Waals surface area (Å²) in [4.78, 5) is 24.2. The van der Waals surface area contributed by atoms with Gasteiger partial charge in [0.15, 0.2) is 0 Å². The van der Waals surface area contributed by atoms with Crippen molar-refractivity contribution in [1.82, 2.24) is 4.90 Å². The Hall–Kier alpha value is -1.37. The molecule has 0 aromatic heterocycles. The van der Waals surface area contributed by atoms with Crippen LogP contribution >= 0.6 is 35.6 Å². The molecular weight excluding hydrogens is 318 g/mol. The average molecular weight is 328 g/mol. The van der Waals surface area contributed by atoms with E-state index in [0.29, 0.717) is 15.5 Å². The van der Waals surface area contributed by atoms with Crippen LogP contribution < -0.4 is 0 Å². The van der Waals surface area contributed by atoms with E-state index in [1.165, 1.54) is 0 Å². The molecule has 1 N–H and O–H groups in total. The molecule has 1 fully saturated rings. The van der Waals surface area contributed by atoms with E-state index >= 15 is 0 Å². The van der Waals surface area contributed by atoms with Crippen LogP contribution in [0.2, 0.25) is 5.02 Å². The Bertz CT molecular complexity index is 643. The van der Waals surface area contributed by atoms with Gasteiger partial charge in [-0.25, -0.2) is 0 Å². The van der Waals surface area contributed by atoms with Crippen LogP contribution in [0.25, 0.3) is 6.08 Å². The number of carbonyl (C=O) groups excluding carboxylic acids is 1. The number of nitrogens with zero attached hydrogens (tertiary/aromatic N) is 1. The van der Waals surface area contributed by atoms with E-state index in [4.69, 9.17) is 28.9 Å². The molecule has 1 aliphatic rings. The molecule has 0 saturated carbocycles. The van der Waals surface area contributed by atoms with Crippen LogP contribution in [-0.4, -0.2) is 32.7 Å². The van der Waals surface area contributed by atoms with Crippen LogP contribution in [0.3, 0.4) is 0 Å². The summed E-state index contributed by atoms with van der Waals surface area (Å²) in [6.45, 7) is 1.44. The molecule has 1 heterocycles. The molecule has 0 unspecified atom stereocenters. The Balaban J connectivity index is 2.32. The number of benzene rings is 1. The quantitative estimate of drug-likeness (QED) is 0.683. The first kappa shape index (κ1) is 15.0. The van der Waals surface area contributed by atoms with E-state index in [1.54, 1.807) is 12.1 Å². The van der Waals surface area contributed by atoms with E-state index in [2.05, 4.69) is 0 Å². The maximum absolute atomic E-state index is 12.1. The van der Waals surface area contributed by atoms with Crippen molar-refractivity contribution in [2.24, 2.45) is 0 Å². The number of aliphatic carboxylic acids is 1. The molecule has 1 saturated heterocycles. The second-order valence-electron chi connectivity index (χ2n) is 4.14. The minimum atomic E-state index is -1.10. The van der Waals surface area contributed by atoms with E-state index in [1.807, 2.05) is 19.1 Å². The number of amides is 1. The molecule has 0 radical (unpaired) electrons. The molecule has 1 amide bonds. The smallest absolute Gasteiger partial charge is 0.323 e. The number of carboxylic acids is 1. The number of hydrogen-bond donors (Lipinski definition) is 1. The lowest BCUT2D eigenvalue weighted by Crippen LogP contribution is -2.33. The molecule has 7 heteroatoms. The summed E-state index contributed by atoms with van der Waals surface area (Å²) >= 11 is 12.3. The lowest BCUT2D eigenvalue weighted by Gasteiger charge is -2.10. The Kier molecular flexibility index (Phi) is 4.47. The van der Waals surface area contributed by atoms with Gasteiger partial charge in [-0.2, -0.15) is 0 Å². The zero-order valence-corrected chi connectivity index (χ0v) is 12.8. The lowest BCUT2D eigenvalue weighted by atomic mass is 10.1. The lowest BCUT2D eigenvalue weighted by molar-refractivity contribution is -0.140. The van der Waals surface area contributed by atoms with Gasteiger partial charge in [0.25, 0.3) is 5.91 Å². The highest BCUT2D eigenvalue weighted by Crippen LogP contribution is 2.34. The summed E-state index contributed by atoms with van der Waals surface area (Å²) in [7, 11) is 0. The maximum Gasteiger partial charge on any atom is 0.323 e. The van der Waals surface area contributed by atoms with Crippen molar-refractivity contribution in [2.75, 3.05) is 6.54 Å². The summed E-state index contributed by atoms with van der Waals surface area (Å²) in [6, 6.07) is 5.50. The van der Waals surface area contributed by atoms with Crippen molar-refractivity contribution in [3.8, 4) is 0 Å². The van der Waals surface area contributed by atoms with Crippen molar-refractivity contribution in [3.05, 3.63) is 39.3 Å². The van der Waals surface area contributed by atoms with Gasteiger partial charge in [-0.15, -0.1) is 0 Å². The van der Waals surface area contributed by atoms with E-state index in [-0.39, 0.29) is 4.32 Å². The molecule has 0 bridgehead atoms. The van der Waals surface area contributed by atoms with Gasteiger partial charge in [-0.3, -0.25) is 14.5 Å². The molecule has 0 aliphatic carbocycles. The van der Waals surface area contributed by atoms with Crippen LogP contribution in [0.4, 0.5) is 0 Å². The molecule has 0 atom stereocenters.